The molecule has 1 heterocycles. The van der Waals surface area contributed by atoms with Crippen LogP contribution in [0.5, 0.6) is 5.75 Å². The first kappa shape index (κ1) is 29.1. The van der Waals surface area contributed by atoms with E-state index in [9.17, 15) is 23.1 Å². The topological polar surface area (TPSA) is 141 Å². The van der Waals surface area contributed by atoms with Gasteiger partial charge in [0.1, 0.15) is 5.75 Å². The normalized spacial score (nSPS) is 17.3. The number of rotatable bonds is 12. The summed E-state index contributed by atoms with van der Waals surface area (Å²) in [7, 11) is 0.367. The Morgan fingerprint density at radius 1 is 1.08 bits per heavy atom. The molecular weight excluding hydrogens is 516 g/mol. The van der Waals surface area contributed by atoms with Gasteiger partial charge in [-0.05, 0) is 48.0 Å². The quantitative estimate of drug-likeness (QED) is 0.379. The van der Waals surface area contributed by atoms with Crippen LogP contribution in [0.4, 0.5) is 0 Å². The summed E-state index contributed by atoms with van der Waals surface area (Å²) in [6.45, 7) is -0.592. The highest BCUT2D eigenvalue weighted by Crippen LogP contribution is 2.32. The van der Waals surface area contributed by atoms with E-state index in [2.05, 4.69) is 5.32 Å². The Labute approximate surface area is 222 Å². The van der Waals surface area contributed by atoms with Gasteiger partial charge in [0.05, 0.1) is 37.9 Å². The number of nitrogens with zero attached hydrogens (tertiary/aromatic N) is 1. The fraction of sp³-hybridized carbons (Fsp3) is 0.385. The molecule has 206 valence electrons. The number of nitrogens with one attached hydrogen (secondary N) is 1. The number of ether oxygens (including phenoxy) is 4. The molecule has 0 aromatic heterocycles. The van der Waals surface area contributed by atoms with Crippen LogP contribution in [0.25, 0.3) is 0 Å². The van der Waals surface area contributed by atoms with Crippen LogP contribution in [0.1, 0.15) is 28.3 Å². The van der Waals surface area contributed by atoms with Crippen molar-refractivity contribution in [3.8, 4) is 5.75 Å². The van der Waals surface area contributed by atoms with Gasteiger partial charge in [0.25, 0.3) is 5.91 Å². The van der Waals surface area contributed by atoms with Crippen LogP contribution >= 0.6 is 0 Å². The number of esters is 1. The minimum Gasteiger partial charge on any atom is -0.497 e. The number of likely N-dealkylation sites (N-methyl/N-ethyl adjacent to an activating group) is 1. The molecule has 38 heavy (non-hydrogen) atoms. The maximum absolute atomic E-state index is 13.1. The first-order chi connectivity index (χ1) is 18.2. The third kappa shape index (κ3) is 7.10. The zero-order valence-electron chi connectivity index (χ0n) is 21.5. The van der Waals surface area contributed by atoms with E-state index in [-0.39, 0.29) is 42.9 Å². The zero-order chi connectivity index (χ0) is 27.7. The SMILES string of the molecule is CNC(=O)C1=C[C@H](c2ccc(C(=O)OC)cc2)C[C@H](OCCN(CCO)S(=O)(=O)c2ccc(OC)cc2)O1. The number of amides is 1. The van der Waals surface area contributed by atoms with Crippen molar-refractivity contribution in [3.05, 3.63) is 71.5 Å². The first-order valence-electron chi connectivity index (χ1n) is 11.9. The number of methoxy groups -OCH3 is 2. The Bertz CT molecular complexity index is 1230. The van der Waals surface area contributed by atoms with Crippen molar-refractivity contribution in [2.45, 2.75) is 23.5 Å². The fourth-order valence-corrected chi connectivity index (χ4v) is 5.32. The standard InChI is InChI=1S/C26H32N2O9S/c1-27-25(30)23-16-20(18-4-6-19(7-5-18)26(31)35-3)17-24(37-23)36-15-13-28(12-14-29)38(32,33)22-10-8-21(34-2)9-11-22/h4-11,16,20,24,29H,12-15,17H2,1-3H3,(H,27,30)/t20-,24+/m0/s1. The molecule has 0 saturated heterocycles. The molecule has 0 radical (unpaired) electrons. The van der Waals surface area contributed by atoms with Crippen molar-refractivity contribution in [2.24, 2.45) is 0 Å². The van der Waals surface area contributed by atoms with Gasteiger partial charge in [-0.2, -0.15) is 4.31 Å². The van der Waals surface area contributed by atoms with Crippen LogP contribution in [0.15, 0.2) is 65.3 Å². The van der Waals surface area contributed by atoms with Gasteiger partial charge in [0, 0.05) is 32.5 Å². The molecule has 0 bridgehead atoms. The molecule has 0 spiro atoms. The molecule has 3 rings (SSSR count). The number of sulfonamides is 1. The molecule has 0 saturated carbocycles. The van der Waals surface area contributed by atoms with Gasteiger partial charge in [-0.15, -0.1) is 0 Å². The number of aliphatic hydroxyl groups excluding tert-OH is 1. The van der Waals surface area contributed by atoms with Gasteiger partial charge >= 0.3 is 5.97 Å². The molecule has 0 aliphatic carbocycles. The van der Waals surface area contributed by atoms with Crippen molar-refractivity contribution in [2.75, 3.05) is 47.6 Å². The molecule has 2 aromatic carbocycles. The summed E-state index contributed by atoms with van der Waals surface area (Å²) in [4.78, 5) is 24.1. The number of allylic oxidation sites excluding steroid dienone is 1. The number of hydrogen-bond donors (Lipinski definition) is 2. The summed E-state index contributed by atoms with van der Waals surface area (Å²) in [5.74, 6) is -0.556. The van der Waals surface area contributed by atoms with E-state index in [0.29, 0.717) is 17.7 Å². The van der Waals surface area contributed by atoms with Crippen LogP contribution in [0.2, 0.25) is 0 Å². The predicted octanol–water partition coefficient (Wildman–Crippen LogP) is 1.64. The molecule has 2 N–H and O–H groups in total. The van der Waals surface area contributed by atoms with Gasteiger partial charge in [-0.25, -0.2) is 13.2 Å². The van der Waals surface area contributed by atoms with Gasteiger partial charge in [0.2, 0.25) is 16.3 Å². The van der Waals surface area contributed by atoms with E-state index >= 15 is 0 Å². The van der Waals surface area contributed by atoms with Crippen molar-refractivity contribution < 1.29 is 42.1 Å². The molecule has 2 aromatic rings. The van der Waals surface area contributed by atoms with E-state index in [1.807, 2.05) is 0 Å². The lowest BCUT2D eigenvalue weighted by molar-refractivity contribution is -0.146. The zero-order valence-corrected chi connectivity index (χ0v) is 22.3. The molecule has 1 amide bonds. The van der Waals surface area contributed by atoms with Gasteiger partial charge < -0.3 is 29.4 Å². The number of carbonyl (C=O) groups is 2. The summed E-state index contributed by atoms with van der Waals surface area (Å²) in [6, 6.07) is 12.7. The van der Waals surface area contributed by atoms with Crippen LogP contribution < -0.4 is 10.1 Å². The number of hydrogen-bond acceptors (Lipinski definition) is 9. The molecule has 12 heteroatoms. The Kier molecular flexibility index (Phi) is 10.2. The van der Waals surface area contributed by atoms with E-state index in [4.69, 9.17) is 18.9 Å². The monoisotopic (exact) mass is 548 g/mol. The fourth-order valence-electron chi connectivity index (χ4n) is 3.90. The van der Waals surface area contributed by atoms with Gasteiger partial charge in [-0.3, -0.25) is 4.79 Å². The van der Waals surface area contributed by atoms with E-state index < -0.39 is 28.2 Å². The van der Waals surface area contributed by atoms with Crippen LogP contribution in [-0.2, 0) is 29.0 Å². The molecule has 0 fully saturated rings. The lowest BCUT2D eigenvalue weighted by Crippen LogP contribution is -2.38. The minimum atomic E-state index is -3.90. The van der Waals surface area contributed by atoms with E-state index in [0.717, 1.165) is 9.87 Å². The highest BCUT2D eigenvalue weighted by atomic mass is 32.2. The summed E-state index contributed by atoms with van der Waals surface area (Å²) in [6.07, 6.45) is 1.19. The van der Waals surface area contributed by atoms with Gasteiger partial charge in [-0.1, -0.05) is 12.1 Å². The van der Waals surface area contributed by atoms with Crippen molar-refractivity contribution in [3.63, 3.8) is 0 Å². The van der Waals surface area contributed by atoms with Crippen LogP contribution in [-0.4, -0.2) is 83.6 Å². The molecule has 1 aliphatic heterocycles. The first-order valence-corrected chi connectivity index (χ1v) is 13.3. The number of aliphatic hydroxyl groups is 1. The van der Waals surface area contributed by atoms with Crippen LogP contribution in [0, 0.1) is 0 Å². The van der Waals surface area contributed by atoms with Crippen LogP contribution in [0.3, 0.4) is 0 Å². The van der Waals surface area contributed by atoms with Crippen molar-refractivity contribution >= 4 is 21.9 Å². The third-order valence-electron chi connectivity index (χ3n) is 5.96. The average molecular weight is 549 g/mol. The smallest absolute Gasteiger partial charge is 0.337 e. The highest BCUT2D eigenvalue weighted by molar-refractivity contribution is 7.89. The average Bonchev–Trinajstić information content (AvgIpc) is 2.95. The van der Waals surface area contributed by atoms with E-state index in [1.54, 1.807) is 42.5 Å². The highest BCUT2D eigenvalue weighted by Gasteiger charge is 2.30. The van der Waals surface area contributed by atoms with Crippen molar-refractivity contribution in [1.82, 2.24) is 9.62 Å². The second-order valence-electron chi connectivity index (χ2n) is 8.29. The second kappa shape index (κ2) is 13.4. The molecular formula is C26H32N2O9S. The Morgan fingerprint density at radius 2 is 1.76 bits per heavy atom. The second-order valence-corrected chi connectivity index (χ2v) is 10.2. The largest absolute Gasteiger partial charge is 0.497 e. The summed E-state index contributed by atoms with van der Waals surface area (Å²) >= 11 is 0. The molecule has 1 aliphatic rings. The summed E-state index contributed by atoms with van der Waals surface area (Å²) in [5, 5.41) is 12.0. The Balaban J connectivity index is 1.71. The Hall–Kier alpha value is -3.45. The Morgan fingerprint density at radius 3 is 2.34 bits per heavy atom. The van der Waals surface area contributed by atoms with Crippen molar-refractivity contribution in [1.29, 1.82) is 0 Å². The van der Waals surface area contributed by atoms with E-state index in [1.165, 1.54) is 33.4 Å². The van der Waals surface area contributed by atoms with Gasteiger partial charge in [0.15, 0.2) is 5.76 Å². The minimum absolute atomic E-state index is 0.0466. The molecule has 2 atom stereocenters. The number of carbonyl (C=O) groups excluding carboxylic acids is 2. The summed E-state index contributed by atoms with van der Waals surface area (Å²) in [5.41, 5.74) is 1.23. The lowest BCUT2D eigenvalue weighted by Gasteiger charge is -2.30. The summed E-state index contributed by atoms with van der Waals surface area (Å²) < 4.78 is 48.7. The maximum atomic E-state index is 13.1. The molecule has 11 nitrogen and oxygen atoms in total. The lowest BCUT2D eigenvalue weighted by atomic mass is 9.92. The molecule has 0 unspecified atom stereocenters. The third-order valence-corrected chi connectivity index (χ3v) is 7.87. The maximum Gasteiger partial charge on any atom is 0.337 e. The predicted molar refractivity (Wildman–Crippen MR) is 137 cm³/mol. The number of benzene rings is 2.